The molecule has 106 valence electrons. The zero-order valence-electron chi connectivity index (χ0n) is 12.9. The van der Waals surface area contributed by atoms with E-state index in [9.17, 15) is 0 Å². The third-order valence-corrected chi connectivity index (χ3v) is 3.50. The summed E-state index contributed by atoms with van der Waals surface area (Å²) in [4.78, 5) is 4.67. The molecule has 0 spiro atoms. The van der Waals surface area contributed by atoms with Crippen LogP contribution in [0.5, 0.6) is 0 Å². The van der Waals surface area contributed by atoms with Crippen LogP contribution in [-0.2, 0) is 0 Å². The van der Waals surface area contributed by atoms with Gasteiger partial charge in [0.05, 0.1) is 11.7 Å². The Morgan fingerprint density at radius 3 is 2.55 bits per heavy atom. The van der Waals surface area contributed by atoms with Crippen molar-refractivity contribution in [3.8, 4) is 0 Å². The van der Waals surface area contributed by atoms with Crippen LogP contribution in [0.3, 0.4) is 0 Å². The number of nitrogens with zero attached hydrogens (tertiary/aromatic N) is 1. The highest BCUT2D eigenvalue weighted by molar-refractivity contribution is 5.35. The molecule has 0 radical (unpaired) electrons. The van der Waals surface area contributed by atoms with Crippen molar-refractivity contribution in [2.45, 2.75) is 40.2 Å². The number of aryl methyl sites for hydroxylation is 3. The van der Waals surface area contributed by atoms with Gasteiger partial charge in [0.2, 0.25) is 0 Å². The Morgan fingerprint density at radius 1 is 1.10 bits per heavy atom. The standard InChI is InChI=1S/C18H24N2/c1-5-9-19-18(16-8-6-7-13(2)11-16)17-15(4)10-14(3)12-20-17/h6-8,10-12,18-19H,5,9H2,1-4H3. The fraction of sp³-hybridized carbons (Fsp3) is 0.389. The third-order valence-electron chi connectivity index (χ3n) is 3.50. The van der Waals surface area contributed by atoms with Gasteiger partial charge in [0, 0.05) is 6.20 Å². The van der Waals surface area contributed by atoms with Crippen LogP contribution in [0.2, 0.25) is 0 Å². The Bertz CT molecular complexity index is 575. The van der Waals surface area contributed by atoms with Crippen LogP contribution < -0.4 is 5.32 Å². The number of aromatic nitrogens is 1. The molecule has 1 aromatic carbocycles. The van der Waals surface area contributed by atoms with E-state index >= 15 is 0 Å². The summed E-state index contributed by atoms with van der Waals surface area (Å²) >= 11 is 0. The molecule has 0 fully saturated rings. The Kier molecular flexibility index (Phi) is 4.91. The number of benzene rings is 1. The molecule has 1 heterocycles. The number of pyridine rings is 1. The maximum atomic E-state index is 4.67. The second-order valence-electron chi connectivity index (χ2n) is 5.52. The Morgan fingerprint density at radius 2 is 1.90 bits per heavy atom. The number of hydrogen-bond donors (Lipinski definition) is 1. The monoisotopic (exact) mass is 268 g/mol. The maximum Gasteiger partial charge on any atom is 0.0754 e. The number of nitrogens with one attached hydrogen (secondary N) is 1. The molecule has 1 unspecified atom stereocenters. The molecule has 0 bridgehead atoms. The summed E-state index contributed by atoms with van der Waals surface area (Å²) in [6.07, 6.45) is 3.08. The molecule has 0 amide bonds. The summed E-state index contributed by atoms with van der Waals surface area (Å²) < 4.78 is 0. The van der Waals surface area contributed by atoms with E-state index in [-0.39, 0.29) is 6.04 Å². The van der Waals surface area contributed by atoms with Gasteiger partial charge in [-0.3, -0.25) is 4.98 Å². The van der Waals surface area contributed by atoms with Gasteiger partial charge in [0.1, 0.15) is 0 Å². The SMILES string of the molecule is CCCNC(c1cccc(C)c1)c1ncc(C)cc1C. The number of rotatable bonds is 5. The molecule has 2 heteroatoms. The normalized spacial score (nSPS) is 12.4. The second-order valence-corrected chi connectivity index (χ2v) is 5.52. The molecule has 2 aromatic rings. The summed E-state index contributed by atoms with van der Waals surface area (Å²) in [5, 5.41) is 3.63. The van der Waals surface area contributed by atoms with Gasteiger partial charge in [0.15, 0.2) is 0 Å². The highest BCUT2D eigenvalue weighted by atomic mass is 14.9. The third kappa shape index (κ3) is 3.45. The molecule has 0 aliphatic rings. The molecule has 0 aliphatic carbocycles. The predicted octanol–water partition coefficient (Wildman–Crippen LogP) is 4.10. The predicted molar refractivity (Wildman–Crippen MR) is 85.0 cm³/mol. The minimum atomic E-state index is 0.176. The smallest absolute Gasteiger partial charge is 0.0754 e. The highest BCUT2D eigenvalue weighted by Crippen LogP contribution is 2.24. The first-order valence-corrected chi connectivity index (χ1v) is 7.35. The minimum Gasteiger partial charge on any atom is -0.305 e. The summed E-state index contributed by atoms with van der Waals surface area (Å²) in [7, 11) is 0. The van der Waals surface area contributed by atoms with E-state index in [0.717, 1.165) is 18.7 Å². The fourth-order valence-corrected chi connectivity index (χ4v) is 2.54. The molecule has 20 heavy (non-hydrogen) atoms. The fourth-order valence-electron chi connectivity index (χ4n) is 2.54. The lowest BCUT2D eigenvalue weighted by molar-refractivity contribution is 0.583. The lowest BCUT2D eigenvalue weighted by atomic mass is 9.97. The quantitative estimate of drug-likeness (QED) is 0.883. The second kappa shape index (κ2) is 6.67. The Balaban J connectivity index is 2.41. The first-order chi connectivity index (χ1) is 9.61. The lowest BCUT2D eigenvalue weighted by Gasteiger charge is -2.21. The van der Waals surface area contributed by atoms with Crippen LogP contribution in [-0.4, -0.2) is 11.5 Å². The molecule has 2 nitrogen and oxygen atoms in total. The van der Waals surface area contributed by atoms with E-state index < -0.39 is 0 Å². The van der Waals surface area contributed by atoms with E-state index in [2.05, 4.69) is 68.3 Å². The van der Waals surface area contributed by atoms with Crippen molar-refractivity contribution in [3.63, 3.8) is 0 Å². The van der Waals surface area contributed by atoms with Crippen molar-refractivity contribution in [1.29, 1.82) is 0 Å². The van der Waals surface area contributed by atoms with Gasteiger partial charge in [-0.05, 0) is 50.4 Å². The Labute approximate surface area is 122 Å². The van der Waals surface area contributed by atoms with Gasteiger partial charge >= 0.3 is 0 Å². The van der Waals surface area contributed by atoms with Crippen LogP contribution in [0.15, 0.2) is 36.5 Å². The van der Waals surface area contributed by atoms with Gasteiger partial charge in [-0.25, -0.2) is 0 Å². The maximum absolute atomic E-state index is 4.67. The topological polar surface area (TPSA) is 24.9 Å². The first kappa shape index (κ1) is 14.7. The van der Waals surface area contributed by atoms with Crippen LogP contribution in [0.25, 0.3) is 0 Å². The molecule has 1 N–H and O–H groups in total. The molecular formula is C18H24N2. The molecule has 1 aromatic heterocycles. The average molecular weight is 268 g/mol. The van der Waals surface area contributed by atoms with E-state index in [1.54, 1.807) is 0 Å². The molecular weight excluding hydrogens is 244 g/mol. The summed E-state index contributed by atoms with van der Waals surface area (Å²) in [5.74, 6) is 0. The zero-order valence-corrected chi connectivity index (χ0v) is 12.9. The number of hydrogen-bond acceptors (Lipinski definition) is 2. The summed E-state index contributed by atoms with van der Waals surface area (Å²) in [6, 6.07) is 11.1. The van der Waals surface area contributed by atoms with Gasteiger partial charge < -0.3 is 5.32 Å². The minimum absolute atomic E-state index is 0.176. The van der Waals surface area contributed by atoms with Crippen LogP contribution in [0.1, 0.15) is 47.3 Å². The van der Waals surface area contributed by atoms with E-state index in [4.69, 9.17) is 0 Å². The van der Waals surface area contributed by atoms with Gasteiger partial charge in [-0.15, -0.1) is 0 Å². The van der Waals surface area contributed by atoms with Crippen molar-refractivity contribution in [2.24, 2.45) is 0 Å². The average Bonchev–Trinajstić information content (AvgIpc) is 2.41. The lowest BCUT2D eigenvalue weighted by Crippen LogP contribution is -2.25. The van der Waals surface area contributed by atoms with Crippen molar-refractivity contribution < 1.29 is 0 Å². The van der Waals surface area contributed by atoms with E-state index in [1.807, 2.05) is 6.20 Å². The molecule has 0 saturated carbocycles. The summed E-state index contributed by atoms with van der Waals surface area (Å²) in [6.45, 7) is 9.55. The van der Waals surface area contributed by atoms with Crippen molar-refractivity contribution in [2.75, 3.05) is 6.54 Å². The van der Waals surface area contributed by atoms with Crippen molar-refractivity contribution >= 4 is 0 Å². The summed E-state index contributed by atoms with van der Waals surface area (Å²) in [5.41, 5.74) is 6.17. The van der Waals surface area contributed by atoms with Crippen molar-refractivity contribution in [1.82, 2.24) is 10.3 Å². The largest absolute Gasteiger partial charge is 0.305 e. The van der Waals surface area contributed by atoms with Gasteiger partial charge in [-0.1, -0.05) is 42.8 Å². The molecule has 2 rings (SSSR count). The van der Waals surface area contributed by atoms with E-state index in [0.29, 0.717) is 0 Å². The Hall–Kier alpha value is -1.67. The highest BCUT2D eigenvalue weighted by Gasteiger charge is 2.17. The van der Waals surface area contributed by atoms with Crippen LogP contribution in [0.4, 0.5) is 0 Å². The zero-order chi connectivity index (χ0) is 14.5. The first-order valence-electron chi connectivity index (χ1n) is 7.35. The molecule has 0 saturated heterocycles. The van der Waals surface area contributed by atoms with Crippen molar-refractivity contribution in [3.05, 3.63) is 64.5 Å². The molecule has 0 aliphatic heterocycles. The van der Waals surface area contributed by atoms with Gasteiger partial charge in [-0.2, -0.15) is 0 Å². The molecule has 1 atom stereocenters. The van der Waals surface area contributed by atoms with Crippen LogP contribution in [0, 0.1) is 20.8 Å². The van der Waals surface area contributed by atoms with Gasteiger partial charge in [0.25, 0.3) is 0 Å². The van der Waals surface area contributed by atoms with Crippen LogP contribution >= 0.6 is 0 Å². The van der Waals surface area contributed by atoms with E-state index in [1.165, 1.54) is 22.3 Å².